The van der Waals surface area contributed by atoms with Crippen molar-refractivity contribution in [2.75, 3.05) is 32.3 Å². The molecule has 0 saturated carbocycles. The minimum atomic E-state index is -0.647. The summed E-state index contributed by atoms with van der Waals surface area (Å²) < 4.78 is 24.4. The van der Waals surface area contributed by atoms with Crippen molar-refractivity contribution >= 4 is 17.4 Å². The molecule has 0 fully saturated rings. The molecule has 3 rings (SSSR count). The highest BCUT2D eigenvalue weighted by Crippen LogP contribution is 2.31. The number of ketones is 1. The first-order chi connectivity index (χ1) is 12.9. The quantitative estimate of drug-likeness (QED) is 0.700. The molecular weight excluding hydrogens is 351 g/mol. The average Bonchev–Trinajstić information content (AvgIpc) is 2.87. The molecular formula is C20H21FN2O4. The van der Waals surface area contributed by atoms with E-state index >= 15 is 0 Å². The maximum absolute atomic E-state index is 13.6. The maximum atomic E-state index is 13.6. The van der Waals surface area contributed by atoms with E-state index in [1.165, 1.54) is 23.1 Å². The van der Waals surface area contributed by atoms with E-state index in [4.69, 9.17) is 9.47 Å². The number of nitrogens with zero attached hydrogens (tertiary/aromatic N) is 2. The number of carbonyl (C=O) groups is 2. The van der Waals surface area contributed by atoms with E-state index in [1.54, 1.807) is 7.11 Å². The number of amides is 1. The SMILES string of the molecule is CCOc1ccc(CN(C)CN2C(=O)C(=O)c3ccc(F)cc32)cc1OC. The van der Waals surface area contributed by atoms with Crippen molar-refractivity contribution < 1.29 is 23.5 Å². The number of ether oxygens (including phenoxy) is 2. The summed E-state index contributed by atoms with van der Waals surface area (Å²) in [4.78, 5) is 27.5. The smallest absolute Gasteiger partial charge is 0.300 e. The number of hydrogen-bond donors (Lipinski definition) is 0. The van der Waals surface area contributed by atoms with Gasteiger partial charge in [0.05, 0.1) is 31.6 Å². The molecule has 6 nitrogen and oxygen atoms in total. The molecule has 27 heavy (non-hydrogen) atoms. The largest absolute Gasteiger partial charge is 0.493 e. The molecule has 2 aromatic carbocycles. The van der Waals surface area contributed by atoms with Crippen molar-refractivity contribution in [1.82, 2.24) is 4.90 Å². The molecule has 7 heteroatoms. The van der Waals surface area contributed by atoms with Gasteiger partial charge in [0.2, 0.25) is 0 Å². The van der Waals surface area contributed by atoms with Crippen molar-refractivity contribution in [2.45, 2.75) is 13.5 Å². The summed E-state index contributed by atoms with van der Waals surface area (Å²) in [6.07, 6.45) is 0. The number of Topliss-reactive ketones (excluding diaryl/α,β-unsaturated/α-hetero) is 1. The molecule has 1 heterocycles. The van der Waals surface area contributed by atoms with Crippen molar-refractivity contribution in [1.29, 1.82) is 0 Å². The predicted molar refractivity (Wildman–Crippen MR) is 98.7 cm³/mol. The predicted octanol–water partition coefficient (Wildman–Crippen LogP) is 2.85. The van der Waals surface area contributed by atoms with E-state index in [0.717, 1.165) is 5.56 Å². The van der Waals surface area contributed by atoms with Crippen molar-refractivity contribution in [3.05, 3.63) is 53.3 Å². The second kappa shape index (κ2) is 7.75. The van der Waals surface area contributed by atoms with Crippen LogP contribution in [0.2, 0.25) is 0 Å². The molecule has 0 aromatic heterocycles. The zero-order chi connectivity index (χ0) is 19.6. The Morgan fingerprint density at radius 1 is 1.11 bits per heavy atom. The van der Waals surface area contributed by atoms with Crippen LogP contribution >= 0.6 is 0 Å². The second-order valence-electron chi connectivity index (χ2n) is 6.30. The highest BCUT2D eigenvalue weighted by atomic mass is 19.1. The summed E-state index contributed by atoms with van der Waals surface area (Å²) in [5.41, 5.74) is 1.49. The monoisotopic (exact) mass is 372 g/mol. The molecule has 1 aliphatic heterocycles. The van der Waals surface area contributed by atoms with E-state index in [0.29, 0.717) is 30.3 Å². The lowest BCUT2D eigenvalue weighted by molar-refractivity contribution is -0.114. The number of hydrogen-bond acceptors (Lipinski definition) is 5. The standard InChI is InChI=1S/C20H21FN2O4/c1-4-27-17-8-5-13(9-18(17)26-3)11-22(2)12-23-16-10-14(21)6-7-15(16)19(24)20(23)25/h5-10H,4,11-12H2,1-3H3. The van der Waals surface area contributed by atoms with Crippen LogP contribution in [0.25, 0.3) is 0 Å². The fourth-order valence-electron chi connectivity index (χ4n) is 3.10. The molecule has 0 aliphatic carbocycles. The molecule has 0 unspecified atom stereocenters. The fourth-order valence-corrected chi connectivity index (χ4v) is 3.10. The third-order valence-corrected chi connectivity index (χ3v) is 4.30. The van der Waals surface area contributed by atoms with Gasteiger partial charge >= 0.3 is 5.91 Å². The Labute approximate surface area is 157 Å². The normalized spacial score (nSPS) is 13.3. The van der Waals surface area contributed by atoms with Gasteiger partial charge in [-0.05, 0) is 49.9 Å². The molecule has 0 bridgehead atoms. The van der Waals surface area contributed by atoms with Crippen LogP contribution in [0.15, 0.2) is 36.4 Å². The minimum Gasteiger partial charge on any atom is -0.493 e. The summed E-state index contributed by atoms with van der Waals surface area (Å²) >= 11 is 0. The Kier molecular flexibility index (Phi) is 5.41. The zero-order valence-electron chi connectivity index (χ0n) is 15.5. The van der Waals surface area contributed by atoms with Gasteiger partial charge in [0.1, 0.15) is 5.82 Å². The van der Waals surface area contributed by atoms with Gasteiger partial charge in [-0.3, -0.25) is 19.4 Å². The van der Waals surface area contributed by atoms with Gasteiger partial charge in [0.25, 0.3) is 5.78 Å². The van der Waals surface area contributed by atoms with Crippen LogP contribution in [0, 0.1) is 5.82 Å². The molecule has 142 valence electrons. The average molecular weight is 372 g/mol. The van der Waals surface area contributed by atoms with Crippen molar-refractivity contribution in [2.24, 2.45) is 0 Å². The lowest BCUT2D eigenvalue weighted by atomic mass is 10.1. The Morgan fingerprint density at radius 2 is 1.89 bits per heavy atom. The lowest BCUT2D eigenvalue weighted by Crippen LogP contribution is -2.39. The third kappa shape index (κ3) is 3.78. The van der Waals surface area contributed by atoms with Crippen molar-refractivity contribution in [3.8, 4) is 11.5 Å². The van der Waals surface area contributed by atoms with Gasteiger partial charge in [-0.1, -0.05) is 6.07 Å². The highest BCUT2D eigenvalue weighted by Gasteiger charge is 2.36. The third-order valence-electron chi connectivity index (χ3n) is 4.30. The fraction of sp³-hybridized carbons (Fsp3) is 0.300. The first-order valence-electron chi connectivity index (χ1n) is 8.58. The number of fused-ring (bicyclic) bond motifs is 1. The first-order valence-corrected chi connectivity index (χ1v) is 8.58. The van der Waals surface area contributed by atoms with E-state index in [9.17, 15) is 14.0 Å². The van der Waals surface area contributed by atoms with Gasteiger partial charge in [0, 0.05) is 6.54 Å². The summed E-state index contributed by atoms with van der Waals surface area (Å²) in [5.74, 6) is -0.452. The van der Waals surface area contributed by atoms with E-state index in [1.807, 2.05) is 37.1 Å². The highest BCUT2D eigenvalue weighted by molar-refractivity contribution is 6.52. The Bertz CT molecular complexity index is 884. The molecule has 1 aliphatic rings. The number of anilines is 1. The summed E-state index contributed by atoms with van der Waals surface area (Å²) in [6.45, 7) is 3.11. The molecule has 0 saturated heterocycles. The van der Waals surface area contributed by atoms with E-state index in [2.05, 4.69) is 0 Å². The molecule has 0 atom stereocenters. The minimum absolute atomic E-state index is 0.163. The van der Waals surface area contributed by atoms with Gasteiger partial charge in [-0.25, -0.2) is 4.39 Å². The summed E-state index contributed by atoms with van der Waals surface area (Å²) in [6, 6.07) is 9.36. The van der Waals surface area contributed by atoms with Gasteiger partial charge < -0.3 is 9.47 Å². The topological polar surface area (TPSA) is 59.1 Å². The molecule has 0 spiro atoms. The zero-order valence-corrected chi connectivity index (χ0v) is 15.5. The second-order valence-corrected chi connectivity index (χ2v) is 6.30. The van der Waals surface area contributed by atoms with Crippen LogP contribution in [-0.4, -0.2) is 44.0 Å². The summed E-state index contributed by atoms with van der Waals surface area (Å²) in [5, 5.41) is 0. The summed E-state index contributed by atoms with van der Waals surface area (Å²) in [7, 11) is 3.39. The number of carbonyl (C=O) groups excluding carboxylic acids is 2. The Morgan fingerprint density at radius 3 is 2.59 bits per heavy atom. The van der Waals surface area contributed by atoms with Crippen LogP contribution < -0.4 is 14.4 Å². The lowest BCUT2D eigenvalue weighted by Gasteiger charge is -2.24. The molecule has 0 radical (unpaired) electrons. The number of benzene rings is 2. The molecule has 2 aromatic rings. The van der Waals surface area contributed by atoms with Crippen LogP contribution in [0.3, 0.4) is 0 Å². The number of methoxy groups -OCH3 is 1. The van der Waals surface area contributed by atoms with Gasteiger partial charge in [-0.2, -0.15) is 0 Å². The molecule has 0 N–H and O–H groups in total. The Hall–Kier alpha value is -2.93. The number of rotatable bonds is 7. The molecule has 1 amide bonds. The van der Waals surface area contributed by atoms with Crippen LogP contribution in [0.5, 0.6) is 11.5 Å². The van der Waals surface area contributed by atoms with Gasteiger partial charge in [0.15, 0.2) is 11.5 Å². The van der Waals surface area contributed by atoms with Crippen LogP contribution in [0.4, 0.5) is 10.1 Å². The van der Waals surface area contributed by atoms with Gasteiger partial charge in [-0.15, -0.1) is 0 Å². The first kappa shape index (κ1) is 18.8. The maximum Gasteiger partial charge on any atom is 0.300 e. The Balaban J connectivity index is 1.75. The van der Waals surface area contributed by atoms with E-state index < -0.39 is 17.5 Å². The van der Waals surface area contributed by atoms with Crippen molar-refractivity contribution in [3.63, 3.8) is 0 Å². The van der Waals surface area contributed by atoms with E-state index in [-0.39, 0.29) is 12.2 Å². The van der Waals surface area contributed by atoms with Crippen LogP contribution in [0.1, 0.15) is 22.8 Å². The van der Waals surface area contributed by atoms with Crippen LogP contribution in [-0.2, 0) is 11.3 Å². The number of halogens is 1.